The molecule has 62 valence electrons. The van der Waals surface area contributed by atoms with Crippen molar-refractivity contribution >= 4 is 16.5 Å². The SMILES string of the molecule is Nc1ccc2cn[nH+]cc2c1.[Cl-]. The molecule has 0 atom stereocenters. The van der Waals surface area contributed by atoms with Crippen molar-refractivity contribution in [2.45, 2.75) is 0 Å². The highest BCUT2D eigenvalue weighted by atomic mass is 35.5. The van der Waals surface area contributed by atoms with Crippen LogP contribution in [0.2, 0.25) is 0 Å². The standard InChI is InChI=1S/C8H7N3.ClH/c9-8-2-1-6-4-10-11-5-7(6)3-8;/h1-5H,9H2;1H. The van der Waals surface area contributed by atoms with Crippen LogP contribution in [0, 0.1) is 0 Å². The molecule has 0 aliphatic carbocycles. The van der Waals surface area contributed by atoms with Crippen LogP contribution >= 0.6 is 0 Å². The molecule has 0 fully saturated rings. The number of hydrogen-bond donors (Lipinski definition) is 1. The van der Waals surface area contributed by atoms with Gasteiger partial charge in [0.15, 0.2) is 0 Å². The molecule has 3 nitrogen and oxygen atoms in total. The van der Waals surface area contributed by atoms with E-state index in [0.717, 1.165) is 16.5 Å². The molecule has 0 saturated carbocycles. The summed E-state index contributed by atoms with van der Waals surface area (Å²) in [6.45, 7) is 0. The third kappa shape index (κ3) is 1.46. The quantitative estimate of drug-likeness (QED) is 0.462. The van der Waals surface area contributed by atoms with Gasteiger partial charge in [0.2, 0.25) is 6.20 Å². The van der Waals surface area contributed by atoms with Crippen LogP contribution in [0.25, 0.3) is 10.8 Å². The number of nitrogens with one attached hydrogen (secondary N) is 1. The Hall–Kier alpha value is -1.35. The first-order valence-electron chi connectivity index (χ1n) is 3.37. The maximum absolute atomic E-state index is 5.59. The molecule has 0 aliphatic rings. The minimum atomic E-state index is 0. The fourth-order valence-corrected chi connectivity index (χ4v) is 1.05. The summed E-state index contributed by atoms with van der Waals surface area (Å²) >= 11 is 0. The van der Waals surface area contributed by atoms with Crippen LogP contribution in [-0.2, 0) is 0 Å². The number of aromatic nitrogens is 2. The molecular weight excluding hydrogens is 174 g/mol. The summed E-state index contributed by atoms with van der Waals surface area (Å²) in [5, 5.41) is 8.81. The van der Waals surface area contributed by atoms with Gasteiger partial charge in [-0.1, -0.05) is 6.07 Å². The molecule has 0 saturated heterocycles. The Morgan fingerprint density at radius 3 is 2.92 bits per heavy atom. The summed E-state index contributed by atoms with van der Waals surface area (Å²) in [7, 11) is 0. The number of nitrogens with zero attached hydrogens (tertiary/aromatic N) is 1. The summed E-state index contributed by atoms with van der Waals surface area (Å²) in [5.74, 6) is 0. The van der Waals surface area contributed by atoms with E-state index in [1.165, 1.54) is 0 Å². The second-order valence-electron chi connectivity index (χ2n) is 2.42. The summed E-state index contributed by atoms with van der Waals surface area (Å²) in [6.07, 6.45) is 3.60. The van der Waals surface area contributed by atoms with Crippen molar-refractivity contribution in [3.63, 3.8) is 0 Å². The number of anilines is 1. The topological polar surface area (TPSA) is 53.0 Å². The van der Waals surface area contributed by atoms with Crippen molar-refractivity contribution < 1.29 is 17.5 Å². The number of nitrogen functional groups attached to an aromatic ring is 1. The van der Waals surface area contributed by atoms with Crippen LogP contribution in [0.4, 0.5) is 5.69 Å². The van der Waals surface area contributed by atoms with E-state index in [4.69, 9.17) is 5.73 Å². The Morgan fingerprint density at radius 2 is 2.08 bits per heavy atom. The Labute approximate surface area is 76.0 Å². The van der Waals surface area contributed by atoms with Gasteiger partial charge in [-0.3, -0.25) is 0 Å². The molecule has 0 aliphatic heterocycles. The molecule has 2 aromatic rings. The average molecular weight is 182 g/mol. The third-order valence-corrected chi connectivity index (χ3v) is 1.61. The van der Waals surface area contributed by atoms with Gasteiger partial charge in [-0.2, -0.15) is 0 Å². The molecule has 12 heavy (non-hydrogen) atoms. The van der Waals surface area contributed by atoms with Crippen LogP contribution < -0.4 is 23.2 Å². The molecule has 0 unspecified atom stereocenters. The fourth-order valence-electron chi connectivity index (χ4n) is 1.05. The van der Waals surface area contributed by atoms with Crippen LogP contribution in [-0.4, -0.2) is 5.10 Å². The number of rotatable bonds is 0. The molecule has 3 N–H and O–H groups in total. The van der Waals surface area contributed by atoms with Crippen LogP contribution in [0.5, 0.6) is 0 Å². The smallest absolute Gasteiger partial charge is 0.201 e. The fraction of sp³-hybridized carbons (Fsp3) is 0. The van der Waals surface area contributed by atoms with Gasteiger partial charge < -0.3 is 18.1 Å². The van der Waals surface area contributed by atoms with E-state index in [-0.39, 0.29) is 12.4 Å². The van der Waals surface area contributed by atoms with E-state index in [9.17, 15) is 0 Å². The Kier molecular flexibility index (Phi) is 2.45. The summed E-state index contributed by atoms with van der Waals surface area (Å²) < 4.78 is 0. The van der Waals surface area contributed by atoms with Gasteiger partial charge >= 0.3 is 0 Å². The van der Waals surface area contributed by atoms with Crippen molar-refractivity contribution in [3.05, 3.63) is 30.6 Å². The first kappa shape index (κ1) is 8.74. The monoisotopic (exact) mass is 181 g/mol. The molecule has 4 heteroatoms. The predicted molar refractivity (Wildman–Crippen MR) is 42.7 cm³/mol. The summed E-state index contributed by atoms with van der Waals surface area (Å²) in [5.41, 5.74) is 6.36. The van der Waals surface area contributed by atoms with Crippen molar-refractivity contribution in [1.29, 1.82) is 0 Å². The number of hydrogen-bond acceptors (Lipinski definition) is 2. The zero-order valence-corrected chi connectivity index (χ0v) is 7.05. The van der Waals surface area contributed by atoms with Gasteiger partial charge in [-0.15, -0.1) is 5.10 Å². The highest BCUT2D eigenvalue weighted by Crippen LogP contribution is 2.13. The van der Waals surface area contributed by atoms with E-state index in [0.29, 0.717) is 0 Å². The molecule has 1 heterocycles. The van der Waals surface area contributed by atoms with Crippen molar-refractivity contribution in [2.75, 3.05) is 5.73 Å². The molecule has 2 rings (SSSR count). The zero-order valence-electron chi connectivity index (χ0n) is 6.29. The lowest BCUT2D eigenvalue weighted by Crippen LogP contribution is -3.00. The molecule has 0 radical (unpaired) electrons. The largest absolute Gasteiger partial charge is 1.00 e. The maximum atomic E-state index is 5.59. The van der Waals surface area contributed by atoms with E-state index in [1.807, 2.05) is 24.4 Å². The Balaban J connectivity index is 0.000000720. The molecule has 1 aromatic heterocycles. The molecule has 0 bridgehead atoms. The Morgan fingerprint density at radius 1 is 1.25 bits per heavy atom. The van der Waals surface area contributed by atoms with Gasteiger partial charge in [0, 0.05) is 11.1 Å². The average Bonchev–Trinajstić information content (AvgIpc) is 2.04. The molecule has 1 aromatic carbocycles. The zero-order chi connectivity index (χ0) is 7.68. The second-order valence-corrected chi connectivity index (χ2v) is 2.42. The summed E-state index contributed by atoms with van der Waals surface area (Å²) in [6, 6.07) is 5.73. The van der Waals surface area contributed by atoms with Gasteiger partial charge in [-0.05, 0) is 17.2 Å². The van der Waals surface area contributed by atoms with Gasteiger partial charge in [0.25, 0.3) is 0 Å². The van der Waals surface area contributed by atoms with E-state index in [2.05, 4.69) is 10.2 Å². The number of nitrogens with two attached hydrogens (primary N) is 1. The second kappa shape index (κ2) is 3.36. The lowest BCUT2D eigenvalue weighted by Gasteiger charge is -1.92. The number of fused-ring (bicyclic) bond motifs is 1. The number of benzene rings is 1. The van der Waals surface area contributed by atoms with Crippen molar-refractivity contribution in [2.24, 2.45) is 0 Å². The third-order valence-electron chi connectivity index (χ3n) is 1.61. The van der Waals surface area contributed by atoms with Crippen molar-refractivity contribution in [1.82, 2.24) is 5.10 Å². The Bertz CT molecular complexity index is 389. The highest BCUT2D eigenvalue weighted by molar-refractivity contribution is 5.83. The lowest BCUT2D eigenvalue weighted by atomic mass is 10.2. The number of halogens is 1. The number of aromatic amines is 1. The van der Waals surface area contributed by atoms with Gasteiger partial charge in [0.05, 0.1) is 5.39 Å². The molecular formula is C8H8ClN3. The normalized spacial score (nSPS) is 9.33. The van der Waals surface area contributed by atoms with E-state index >= 15 is 0 Å². The van der Waals surface area contributed by atoms with Gasteiger partial charge in [0.1, 0.15) is 6.20 Å². The first-order valence-corrected chi connectivity index (χ1v) is 3.37. The van der Waals surface area contributed by atoms with Gasteiger partial charge in [-0.25, -0.2) is 0 Å². The molecule has 0 spiro atoms. The van der Waals surface area contributed by atoms with Crippen molar-refractivity contribution in [3.8, 4) is 0 Å². The predicted octanol–water partition coefficient (Wildman–Crippen LogP) is -2.36. The molecule has 0 amide bonds. The minimum absolute atomic E-state index is 0. The van der Waals surface area contributed by atoms with E-state index in [1.54, 1.807) is 6.20 Å². The van der Waals surface area contributed by atoms with E-state index < -0.39 is 0 Å². The van der Waals surface area contributed by atoms with Crippen LogP contribution in [0.15, 0.2) is 30.6 Å². The van der Waals surface area contributed by atoms with Crippen LogP contribution in [0.1, 0.15) is 0 Å². The number of H-pyrrole nitrogens is 1. The lowest BCUT2D eigenvalue weighted by molar-refractivity contribution is -0.453. The minimum Gasteiger partial charge on any atom is -1.00 e. The van der Waals surface area contributed by atoms with Crippen LogP contribution in [0.3, 0.4) is 0 Å². The highest BCUT2D eigenvalue weighted by Gasteiger charge is 1.95. The first-order chi connectivity index (χ1) is 5.36. The summed E-state index contributed by atoms with van der Waals surface area (Å²) in [4.78, 5) is 0. The maximum Gasteiger partial charge on any atom is 0.201 e.